The maximum absolute atomic E-state index is 12.4. The first-order chi connectivity index (χ1) is 11.2. The minimum atomic E-state index is -0.346. The highest BCUT2D eigenvalue weighted by Crippen LogP contribution is 2.18. The lowest BCUT2D eigenvalue weighted by Gasteiger charge is -2.20. The molecular weight excluding hydrogens is 302 g/mol. The Morgan fingerprint density at radius 2 is 1.75 bits per heavy atom. The van der Waals surface area contributed by atoms with Gasteiger partial charge in [-0.2, -0.15) is 0 Å². The highest BCUT2D eigenvalue weighted by atomic mass is 16.2. The Labute approximate surface area is 142 Å². The molecule has 0 fully saturated rings. The molecule has 1 aromatic heterocycles. The first kappa shape index (κ1) is 17.7. The van der Waals surface area contributed by atoms with E-state index in [0.717, 1.165) is 16.8 Å². The van der Waals surface area contributed by atoms with Crippen molar-refractivity contribution < 1.29 is 9.59 Å². The van der Waals surface area contributed by atoms with E-state index in [4.69, 9.17) is 0 Å². The van der Waals surface area contributed by atoms with E-state index in [1.807, 2.05) is 52.8 Å². The number of anilines is 1. The third kappa shape index (κ3) is 4.41. The number of carbonyl (C=O) groups is 2. The molecule has 2 rings (SSSR count). The fourth-order valence-corrected chi connectivity index (χ4v) is 2.18. The van der Waals surface area contributed by atoms with Gasteiger partial charge in [-0.3, -0.25) is 14.6 Å². The zero-order valence-corrected chi connectivity index (χ0v) is 14.7. The normalized spacial score (nSPS) is 11.0. The van der Waals surface area contributed by atoms with Crippen LogP contribution in [0.5, 0.6) is 0 Å². The van der Waals surface area contributed by atoms with Crippen molar-refractivity contribution in [2.75, 3.05) is 5.32 Å². The lowest BCUT2D eigenvalue weighted by molar-refractivity contribution is 0.0919. The Morgan fingerprint density at radius 3 is 2.42 bits per heavy atom. The SMILES string of the molecule is Cc1cccc(NC(=O)c2cc(C(=O)NC(C)(C)C)ccn2)c1C. The Kier molecular flexibility index (Phi) is 5.02. The van der Waals surface area contributed by atoms with Crippen LogP contribution in [0.15, 0.2) is 36.5 Å². The molecule has 24 heavy (non-hydrogen) atoms. The average molecular weight is 325 g/mol. The summed E-state index contributed by atoms with van der Waals surface area (Å²) in [6.07, 6.45) is 1.47. The number of amides is 2. The molecule has 0 saturated carbocycles. The molecule has 1 heterocycles. The van der Waals surface area contributed by atoms with Gasteiger partial charge in [0.15, 0.2) is 0 Å². The second kappa shape index (κ2) is 6.83. The van der Waals surface area contributed by atoms with Gasteiger partial charge in [0.2, 0.25) is 0 Å². The smallest absolute Gasteiger partial charge is 0.274 e. The van der Waals surface area contributed by atoms with Crippen LogP contribution in [0, 0.1) is 13.8 Å². The van der Waals surface area contributed by atoms with Gasteiger partial charge in [-0.1, -0.05) is 12.1 Å². The topological polar surface area (TPSA) is 71.1 Å². The van der Waals surface area contributed by atoms with Crippen molar-refractivity contribution in [3.63, 3.8) is 0 Å². The van der Waals surface area contributed by atoms with Gasteiger partial charge >= 0.3 is 0 Å². The van der Waals surface area contributed by atoms with E-state index in [9.17, 15) is 9.59 Å². The fraction of sp³-hybridized carbons (Fsp3) is 0.316. The van der Waals surface area contributed by atoms with Gasteiger partial charge in [-0.05, 0) is 63.9 Å². The summed E-state index contributed by atoms with van der Waals surface area (Å²) >= 11 is 0. The van der Waals surface area contributed by atoms with Crippen LogP contribution in [0.4, 0.5) is 5.69 Å². The van der Waals surface area contributed by atoms with Crippen molar-refractivity contribution in [2.45, 2.75) is 40.2 Å². The Morgan fingerprint density at radius 1 is 1.04 bits per heavy atom. The predicted octanol–water partition coefficient (Wildman–Crippen LogP) is 3.48. The second-order valence-corrected chi connectivity index (χ2v) is 6.84. The number of pyridine rings is 1. The first-order valence-corrected chi connectivity index (χ1v) is 7.83. The molecule has 0 aliphatic heterocycles. The van der Waals surface area contributed by atoms with Crippen molar-refractivity contribution in [3.05, 3.63) is 58.9 Å². The minimum Gasteiger partial charge on any atom is -0.347 e. The van der Waals surface area contributed by atoms with E-state index in [-0.39, 0.29) is 23.0 Å². The van der Waals surface area contributed by atoms with Crippen LogP contribution in [0.3, 0.4) is 0 Å². The summed E-state index contributed by atoms with van der Waals surface area (Å²) in [5.41, 5.74) is 3.11. The zero-order chi connectivity index (χ0) is 17.9. The molecule has 0 saturated heterocycles. The summed E-state index contributed by atoms with van der Waals surface area (Å²) in [5.74, 6) is -0.570. The van der Waals surface area contributed by atoms with Gasteiger partial charge in [-0.25, -0.2) is 0 Å². The average Bonchev–Trinajstić information content (AvgIpc) is 2.50. The number of aromatic nitrogens is 1. The molecule has 2 amide bonds. The van der Waals surface area contributed by atoms with Gasteiger partial charge in [-0.15, -0.1) is 0 Å². The van der Waals surface area contributed by atoms with Crippen LogP contribution in [0.2, 0.25) is 0 Å². The van der Waals surface area contributed by atoms with E-state index in [0.29, 0.717) is 5.56 Å². The summed E-state index contributed by atoms with van der Waals surface area (Å²) in [4.78, 5) is 28.7. The number of benzene rings is 1. The second-order valence-electron chi connectivity index (χ2n) is 6.84. The summed E-state index contributed by atoms with van der Waals surface area (Å²) in [6, 6.07) is 8.81. The highest BCUT2D eigenvalue weighted by Gasteiger charge is 2.17. The summed E-state index contributed by atoms with van der Waals surface area (Å²) in [5, 5.41) is 5.72. The molecule has 0 unspecified atom stereocenters. The largest absolute Gasteiger partial charge is 0.347 e. The number of nitrogens with one attached hydrogen (secondary N) is 2. The predicted molar refractivity (Wildman–Crippen MR) is 95.3 cm³/mol. The molecule has 0 bridgehead atoms. The number of nitrogens with zero attached hydrogens (tertiary/aromatic N) is 1. The molecular formula is C19H23N3O2. The Balaban J connectivity index is 2.20. The monoisotopic (exact) mass is 325 g/mol. The molecule has 1 aromatic carbocycles. The van der Waals surface area contributed by atoms with Crippen molar-refractivity contribution in [3.8, 4) is 0 Å². The van der Waals surface area contributed by atoms with Crippen LogP contribution < -0.4 is 10.6 Å². The van der Waals surface area contributed by atoms with E-state index in [2.05, 4.69) is 15.6 Å². The van der Waals surface area contributed by atoms with E-state index < -0.39 is 0 Å². The fourth-order valence-electron chi connectivity index (χ4n) is 2.18. The minimum absolute atomic E-state index is 0.206. The molecule has 2 aromatic rings. The van der Waals surface area contributed by atoms with Crippen LogP contribution in [0.1, 0.15) is 52.7 Å². The number of aryl methyl sites for hydroxylation is 1. The molecule has 0 atom stereocenters. The zero-order valence-electron chi connectivity index (χ0n) is 14.7. The lowest BCUT2D eigenvalue weighted by Crippen LogP contribution is -2.40. The summed E-state index contributed by atoms with van der Waals surface area (Å²) < 4.78 is 0. The van der Waals surface area contributed by atoms with Crippen LogP contribution in [-0.4, -0.2) is 22.3 Å². The molecule has 5 nitrogen and oxygen atoms in total. The summed E-state index contributed by atoms with van der Waals surface area (Å²) in [7, 11) is 0. The molecule has 2 N–H and O–H groups in total. The van der Waals surface area contributed by atoms with Crippen molar-refractivity contribution >= 4 is 17.5 Å². The summed E-state index contributed by atoms with van der Waals surface area (Å²) in [6.45, 7) is 9.65. The first-order valence-electron chi connectivity index (χ1n) is 7.83. The van der Waals surface area contributed by atoms with Gasteiger partial charge in [0.1, 0.15) is 5.69 Å². The number of rotatable bonds is 3. The van der Waals surface area contributed by atoms with Gasteiger partial charge < -0.3 is 10.6 Å². The molecule has 0 aliphatic carbocycles. The number of carbonyl (C=O) groups excluding carboxylic acids is 2. The van der Waals surface area contributed by atoms with Gasteiger partial charge in [0.05, 0.1) is 0 Å². The highest BCUT2D eigenvalue weighted by molar-refractivity contribution is 6.05. The van der Waals surface area contributed by atoms with E-state index >= 15 is 0 Å². The lowest BCUT2D eigenvalue weighted by atomic mass is 10.1. The van der Waals surface area contributed by atoms with E-state index in [1.54, 1.807) is 6.07 Å². The molecule has 0 aliphatic rings. The van der Waals surface area contributed by atoms with Gasteiger partial charge in [0, 0.05) is 23.0 Å². The van der Waals surface area contributed by atoms with Crippen molar-refractivity contribution in [1.29, 1.82) is 0 Å². The number of hydrogen-bond donors (Lipinski definition) is 2. The number of hydrogen-bond acceptors (Lipinski definition) is 3. The van der Waals surface area contributed by atoms with Crippen molar-refractivity contribution in [1.82, 2.24) is 10.3 Å². The van der Waals surface area contributed by atoms with Crippen molar-refractivity contribution in [2.24, 2.45) is 0 Å². The molecule has 0 spiro atoms. The third-order valence-electron chi connectivity index (χ3n) is 3.60. The van der Waals surface area contributed by atoms with Crippen LogP contribution in [-0.2, 0) is 0 Å². The van der Waals surface area contributed by atoms with E-state index in [1.165, 1.54) is 12.3 Å². The third-order valence-corrected chi connectivity index (χ3v) is 3.60. The standard InChI is InChI=1S/C19H23N3O2/c1-12-7-6-8-15(13(12)2)21-18(24)16-11-14(9-10-20-16)17(23)22-19(3,4)5/h6-11H,1-5H3,(H,21,24)(H,22,23). The van der Waals surface area contributed by atoms with Crippen LogP contribution in [0.25, 0.3) is 0 Å². The van der Waals surface area contributed by atoms with Gasteiger partial charge in [0.25, 0.3) is 11.8 Å². The Hall–Kier alpha value is -2.69. The quantitative estimate of drug-likeness (QED) is 0.907. The molecule has 0 radical (unpaired) electrons. The maximum atomic E-state index is 12.4. The molecule has 5 heteroatoms. The molecule has 126 valence electrons. The van der Waals surface area contributed by atoms with Crippen LogP contribution >= 0.6 is 0 Å². The maximum Gasteiger partial charge on any atom is 0.274 e. The Bertz CT molecular complexity index is 776.